The lowest BCUT2D eigenvalue weighted by Gasteiger charge is -2.25. The van der Waals surface area contributed by atoms with E-state index in [1.54, 1.807) is 7.05 Å². The Hall–Kier alpha value is -1.02. The summed E-state index contributed by atoms with van der Waals surface area (Å²) >= 11 is 0. The Balaban J connectivity index is 0.00000288. The number of halogens is 1. The number of benzene rings is 1. The molecule has 0 spiro atoms. The zero-order chi connectivity index (χ0) is 16.5. The van der Waals surface area contributed by atoms with Crippen molar-refractivity contribution in [3.05, 3.63) is 30.3 Å². The predicted octanol–water partition coefficient (Wildman–Crippen LogP) is 3.20. The number of ether oxygens (including phenoxy) is 2. The van der Waals surface area contributed by atoms with E-state index in [1.807, 2.05) is 30.3 Å². The fraction of sp³-hybridized carbons (Fsp3) is 0.611. The maximum Gasteiger partial charge on any atom is 0.191 e. The third kappa shape index (κ3) is 6.84. The van der Waals surface area contributed by atoms with Gasteiger partial charge in [-0.15, -0.1) is 24.0 Å². The van der Waals surface area contributed by atoms with Crippen LogP contribution in [-0.4, -0.2) is 44.4 Å². The van der Waals surface area contributed by atoms with Crippen LogP contribution in [0.1, 0.15) is 33.1 Å². The van der Waals surface area contributed by atoms with E-state index in [4.69, 9.17) is 9.47 Å². The lowest BCUT2D eigenvalue weighted by molar-refractivity contribution is 0.0242. The Kier molecular flexibility index (Phi) is 9.43. The molecule has 2 unspecified atom stereocenters. The van der Waals surface area contributed by atoms with Gasteiger partial charge in [-0.25, -0.2) is 0 Å². The Morgan fingerprint density at radius 3 is 2.67 bits per heavy atom. The van der Waals surface area contributed by atoms with E-state index in [2.05, 4.69) is 29.5 Å². The van der Waals surface area contributed by atoms with Crippen molar-refractivity contribution in [1.29, 1.82) is 0 Å². The van der Waals surface area contributed by atoms with Crippen LogP contribution in [0.3, 0.4) is 0 Å². The first-order chi connectivity index (χ1) is 11.1. The molecule has 1 aliphatic rings. The highest BCUT2D eigenvalue weighted by molar-refractivity contribution is 14.0. The fourth-order valence-electron chi connectivity index (χ4n) is 2.64. The molecule has 2 atom stereocenters. The summed E-state index contributed by atoms with van der Waals surface area (Å²) in [6, 6.07) is 9.92. The van der Waals surface area contributed by atoms with Gasteiger partial charge in [0.2, 0.25) is 0 Å². The number of hydrogen-bond donors (Lipinski definition) is 2. The Bertz CT molecular complexity index is 490. The number of hydrogen-bond acceptors (Lipinski definition) is 3. The second kappa shape index (κ2) is 10.8. The number of guanidine groups is 1. The van der Waals surface area contributed by atoms with Crippen molar-refractivity contribution in [2.24, 2.45) is 4.99 Å². The van der Waals surface area contributed by atoms with Gasteiger partial charge in [-0.1, -0.05) is 25.1 Å². The van der Waals surface area contributed by atoms with Gasteiger partial charge in [0.05, 0.1) is 12.1 Å². The van der Waals surface area contributed by atoms with Gasteiger partial charge in [-0.3, -0.25) is 4.99 Å². The van der Waals surface area contributed by atoms with E-state index >= 15 is 0 Å². The van der Waals surface area contributed by atoms with E-state index < -0.39 is 0 Å². The topological polar surface area (TPSA) is 54.9 Å². The second-order valence-corrected chi connectivity index (χ2v) is 6.17. The first kappa shape index (κ1) is 21.0. The van der Waals surface area contributed by atoms with Crippen molar-refractivity contribution in [3.63, 3.8) is 0 Å². The summed E-state index contributed by atoms with van der Waals surface area (Å²) in [4.78, 5) is 4.28. The summed E-state index contributed by atoms with van der Waals surface area (Å²) in [5, 5.41) is 6.69. The number of para-hydroxylation sites is 1. The number of nitrogens with one attached hydrogen (secondary N) is 2. The smallest absolute Gasteiger partial charge is 0.191 e. The molecule has 1 heterocycles. The minimum atomic E-state index is -0.0810. The van der Waals surface area contributed by atoms with Gasteiger partial charge in [-0.2, -0.15) is 0 Å². The summed E-state index contributed by atoms with van der Waals surface area (Å²) in [7, 11) is 1.78. The van der Waals surface area contributed by atoms with Crippen molar-refractivity contribution in [1.82, 2.24) is 10.6 Å². The van der Waals surface area contributed by atoms with Gasteiger partial charge in [0.25, 0.3) is 0 Å². The van der Waals surface area contributed by atoms with E-state index in [9.17, 15) is 0 Å². The van der Waals surface area contributed by atoms with Crippen LogP contribution in [-0.2, 0) is 4.74 Å². The normalized spacial score (nSPS) is 21.7. The largest absolute Gasteiger partial charge is 0.489 e. The van der Waals surface area contributed by atoms with Crippen molar-refractivity contribution in [2.75, 3.05) is 26.7 Å². The van der Waals surface area contributed by atoms with Gasteiger partial charge in [0.1, 0.15) is 11.9 Å². The molecule has 136 valence electrons. The molecule has 1 saturated heterocycles. The molecule has 1 aliphatic heterocycles. The Labute approximate surface area is 162 Å². The molecule has 0 bridgehead atoms. The van der Waals surface area contributed by atoms with Gasteiger partial charge >= 0.3 is 0 Å². The maximum absolute atomic E-state index is 5.99. The highest BCUT2D eigenvalue weighted by atomic mass is 127. The molecule has 24 heavy (non-hydrogen) atoms. The summed E-state index contributed by atoms with van der Waals surface area (Å²) in [5.41, 5.74) is -0.0810. The molecule has 2 N–H and O–H groups in total. The monoisotopic (exact) mass is 447 g/mol. The third-order valence-electron chi connectivity index (χ3n) is 4.15. The fourth-order valence-corrected chi connectivity index (χ4v) is 2.64. The quantitative estimate of drug-likeness (QED) is 0.383. The van der Waals surface area contributed by atoms with E-state index in [1.165, 1.54) is 0 Å². The van der Waals surface area contributed by atoms with Gasteiger partial charge in [0, 0.05) is 20.2 Å². The standard InChI is InChI=1S/C18H29N3O2.HI/c1-4-15(23-16-9-6-5-7-10-16)13-20-17(19-3)21-14-18(2)11-8-12-22-18;/h5-7,9-10,15H,4,8,11-14H2,1-3H3,(H2,19,20,21);1H. The van der Waals surface area contributed by atoms with Crippen LogP contribution in [0.4, 0.5) is 0 Å². The molecular formula is C18H30IN3O2. The van der Waals surface area contributed by atoms with Crippen molar-refractivity contribution >= 4 is 29.9 Å². The zero-order valence-electron chi connectivity index (χ0n) is 14.9. The average Bonchev–Trinajstić information content (AvgIpc) is 3.01. The summed E-state index contributed by atoms with van der Waals surface area (Å²) in [6.45, 7) is 6.60. The highest BCUT2D eigenvalue weighted by Gasteiger charge is 2.29. The van der Waals surface area contributed by atoms with Crippen LogP contribution < -0.4 is 15.4 Å². The third-order valence-corrected chi connectivity index (χ3v) is 4.15. The molecule has 0 radical (unpaired) electrons. The Morgan fingerprint density at radius 1 is 1.33 bits per heavy atom. The van der Waals surface area contributed by atoms with E-state index in [0.717, 1.165) is 44.1 Å². The number of nitrogens with zero attached hydrogens (tertiary/aromatic N) is 1. The lowest BCUT2D eigenvalue weighted by Crippen LogP contribution is -2.47. The first-order valence-corrected chi connectivity index (χ1v) is 8.45. The van der Waals surface area contributed by atoms with Gasteiger partial charge in [-0.05, 0) is 38.3 Å². The molecule has 1 aromatic rings. The van der Waals surface area contributed by atoms with Crippen molar-refractivity contribution in [3.8, 4) is 5.75 Å². The van der Waals surface area contributed by atoms with Crippen LogP contribution >= 0.6 is 24.0 Å². The number of rotatable bonds is 7. The molecule has 0 aliphatic carbocycles. The van der Waals surface area contributed by atoms with Crippen molar-refractivity contribution in [2.45, 2.75) is 44.8 Å². The predicted molar refractivity (Wildman–Crippen MR) is 110 cm³/mol. The molecule has 5 nitrogen and oxygen atoms in total. The van der Waals surface area contributed by atoms with Crippen LogP contribution in [0.2, 0.25) is 0 Å². The van der Waals surface area contributed by atoms with E-state index in [-0.39, 0.29) is 35.7 Å². The van der Waals surface area contributed by atoms with Gasteiger partial charge in [0.15, 0.2) is 5.96 Å². The van der Waals surface area contributed by atoms with E-state index in [0.29, 0.717) is 6.54 Å². The molecule has 6 heteroatoms. The lowest BCUT2D eigenvalue weighted by atomic mass is 10.0. The average molecular weight is 447 g/mol. The highest BCUT2D eigenvalue weighted by Crippen LogP contribution is 2.23. The van der Waals surface area contributed by atoms with Crippen LogP contribution in [0.15, 0.2) is 35.3 Å². The molecule has 0 saturated carbocycles. The second-order valence-electron chi connectivity index (χ2n) is 6.17. The van der Waals surface area contributed by atoms with Crippen molar-refractivity contribution < 1.29 is 9.47 Å². The molecule has 2 rings (SSSR count). The van der Waals surface area contributed by atoms with Gasteiger partial charge < -0.3 is 20.1 Å². The molecule has 1 fully saturated rings. The Morgan fingerprint density at radius 2 is 2.08 bits per heavy atom. The molecule has 0 amide bonds. The molecular weight excluding hydrogens is 417 g/mol. The summed E-state index contributed by atoms with van der Waals surface area (Å²) < 4.78 is 11.8. The first-order valence-electron chi connectivity index (χ1n) is 8.45. The molecule has 1 aromatic carbocycles. The summed E-state index contributed by atoms with van der Waals surface area (Å²) in [5.74, 6) is 1.69. The number of aliphatic imine (C=N–C) groups is 1. The molecule has 0 aromatic heterocycles. The maximum atomic E-state index is 5.99. The zero-order valence-corrected chi connectivity index (χ0v) is 17.2. The minimum absolute atomic E-state index is 0. The van der Waals surface area contributed by atoms with Crippen LogP contribution in [0.25, 0.3) is 0 Å². The summed E-state index contributed by atoms with van der Waals surface area (Å²) in [6.07, 6.45) is 3.26. The van der Waals surface area contributed by atoms with Crippen LogP contribution in [0, 0.1) is 0 Å². The minimum Gasteiger partial charge on any atom is -0.489 e. The van der Waals surface area contributed by atoms with Crippen LogP contribution in [0.5, 0.6) is 5.75 Å². The SMILES string of the molecule is CCC(CNC(=NC)NCC1(C)CCCO1)Oc1ccccc1.I.